The van der Waals surface area contributed by atoms with Crippen LogP contribution >= 0.6 is 0 Å². The fraction of sp³-hybridized carbons (Fsp3) is 0.211. The van der Waals surface area contributed by atoms with E-state index in [0.29, 0.717) is 16.9 Å². The van der Waals surface area contributed by atoms with Gasteiger partial charge in [0.05, 0.1) is 13.1 Å². The molecule has 136 valence electrons. The molecule has 2 aromatic carbocycles. The van der Waals surface area contributed by atoms with E-state index in [1.54, 1.807) is 55.4 Å². The Hall–Kier alpha value is -3.19. The van der Waals surface area contributed by atoms with Gasteiger partial charge in [0.15, 0.2) is 0 Å². The number of amides is 3. The Morgan fingerprint density at radius 3 is 1.81 bits per heavy atom. The zero-order chi connectivity index (χ0) is 18.9. The van der Waals surface area contributed by atoms with Gasteiger partial charge >= 0.3 is 0 Å². The Morgan fingerprint density at radius 1 is 0.808 bits per heavy atom. The molecule has 2 rings (SSSR count). The molecule has 0 fully saturated rings. The van der Waals surface area contributed by atoms with E-state index in [1.165, 1.54) is 0 Å². The number of benzene rings is 2. The molecule has 0 aliphatic carbocycles. The van der Waals surface area contributed by atoms with E-state index < -0.39 is 0 Å². The van der Waals surface area contributed by atoms with Crippen molar-refractivity contribution in [3.05, 3.63) is 60.2 Å². The Labute approximate surface area is 152 Å². The Morgan fingerprint density at radius 2 is 1.31 bits per heavy atom. The molecular formula is C19H22N4O3. The first-order valence-corrected chi connectivity index (χ1v) is 8.13. The molecule has 3 N–H and O–H groups in total. The lowest BCUT2D eigenvalue weighted by Gasteiger charge is -2.16. The van der Waals surface area contributed by atoms with Crippen LogP contribution < -0.4 is 16.0 Å². The van der Waals surface area contributed by atoms with Crippen LogP contribution in [-0.2, 0) is 9.59 Å². The van der Waals surface area contributed by atoms with E-state index >= 15 is 0 Å². The third-order valence-electron chi connectivity index (χ3n) is 3.54. The maximum absolute atomic E-state index is 12.1. The zero-order valence-electron chi connectivity index (χ0n) is 14.8. The molecule has 0 radical (unpaired) electrons. The summed E-state index contributed by atoms with van der Waals surface area (Å²) in [5.74, 6) is -0.624. The Balaban J connectivity index is 1.79. The first-order valence-electron chi connectivity index (χ1n) is 8.13. The van der Waals surface area contributed by atoms with Crippen LogP contribution in [-0.4, -0.2) is 49.8 Å². The number of rotatable bonds is 7. The topological polar surface area (TPSA) is 90.5 Å². The van der Waals surface area contributed by atoms with E-state index in [4.69, 9.17) is 0 Å². The third-order valence-corrected chi connectivity index (χ3v) is 3.54. The van der Waals surface area contributed by atoms with Gasteiger partial charge < -0.3 is 16.0 Å². The fourth-order valence-electron chi connectivity index (χ4n) is 2.32. The quantitative estimate of drug-likeness (QED) is 0.704. The maximum Gasteiger partial charge on any atom is 0.251 e. The lowest BCUT2D eigenvalue weighted by molar-refractivity contribution is -0.119. The van der Waals surface area contributed by atoms with E-state index in [9.17, 15) is 14.4 Å². The van der Waals surface area contributed by atoms with Crippen molar-refractivity contribution >= 4 is 29.1 Å². The zero-order valence-corrected chi connectivity index (χ0v) is 14.8. The molecule has 7 heteroatoms. The number of nitrogens with zero attached hydrogens (tertiary/aromatic N) is 1. The van der Waals surface area contributed by atoms with Crippen LogP contribution in [0, 0.1) is 0 Å². The molecule has 0 saturated carbocycles. The summed E-state index contributed by atoms with van der Waals surface area (Å²) in [7, 11) is 3.25. The third kappa shape index (κ3) is 6.03. The summed E-state index contributed by atoms with van der Waals surface area (Å²) in [5, 5.41) is 8.04. The van der Waals surface area contributed by atoms with Crippen LogP contribution in [0.15, 0.2) is 54.6 Å². The standard InChI is InChI=1S/C19H22N4O3/c1-20-19(26)14-8-10-16(11-9-14)22-18(25)13-23(2)12-17(24)21-15-6-4-3-5-7-15/h3-11H,12-13H2,1-2H3,(H,20,26)(H,21,24)(H,22,25). The van der Waals surface area contributed by atoms with Crippen molar-refractivity contribution in [3.8, 4) is 0 Å². The Kier molecular flexibility index (Phi) is 6.87. The lowest BCUT2D eigenvalue weighted by atomic mass is 10.2. The number of carbonyl (C=O) groups excluding carboxylic acids is 3. The first kappa shape index (κ1) is 19.1. The number of anilines is 2. The summed E-state index contributed by atoms with van der Waals surface area (Å²) >= 11 is 0. The van der Waals surface area contributed by atoms with E-state index in [-0.39, 0.29) is 30.8 Å². The second kappa shape index (κ2) is 9.33. The summed E-state index contributed by atoms with van der Waals surface area (Å²) in [6.07, 6.45) is 0. The van der Waals surface area contributed by atoms with Crippen molar-refractivity contribution in [2.75, 3.05) is 37.8 Å². The van der Waals surface area contributed by atoms with Gasteiger partial charge in [0.1, 0.15) is 0 Å². The van der Waals surface area contributed by atoms with E-state index in [2.05, 4.69) is 16.0 Å². The molecule has 0 unspecified atom stereocenters. The molecule has 26 heavy (non-hydrogen) atoms. The minimum Gasteiger partial charge on any atom is -0.355 e. The fourth-order valence-corrected chi connectivity index (χ4v) is 2.32. The summed E-state index contributed by atoms with van der Waals surface area (Å²) in [6.45, 7) is 0.164. The highest BCUT2D eigenvalue weighted by molar-refractivity contribution is 5.96. The molecule has 0 aromatic heterocycles. The van der Waals surface area contributed by atoms with Gasteiger partial charge in [0.25, 0.3) is 5.91 Å². The van der Waals surface area contributed by atoms with Gasteiger partial charge in [0.2, 0.25) is 11.8 Å². The van der Waals surface area contributed by atoms with Gasteiger partial charge in [-0.2, -0.15) is 0 Å². The minimum atomic E-state index is -0.243. The highest BCUT2D eigenvalue weighted by Gasteiger charge is 2.11. The summed E-state index contributed by atoms with van der Waals surface area (Å²) in [6, 6.07) is 15.7. The SMILES string of the molecule is CNC(=O)c1ccc(NC(=O)CN(C)CC(=O)Nc2ccccc2)cc1. The van der Waals surface area contributed by atoms with Crippen molar-refractivity contribution in [1.82, 2.24) is 10.2 Å². The molecule has 0 heterocycles. The molecule has 0 saturated heterocycles. The molecule has 2 aromatic rings. The Bertz CT molecular complexity index is 760. The molecule has 7 nitrogen and oxygen atoms in total. The van der Waals surface area contributed by atoms with Crippen molar-refractivity contribution in [2.24, 2.45) is 0 Å². The summed E-state index contributed by atoms with van der Waals surface area (Å²) < 4.78 is 0. The number of para-hydroxylation sites is 1. The monoisotopic (exact) mass is 354 g/mol. The van der Waals surface area contributed by atoms with Crippen LogP contribution in [0.5, 0.6) is 0 Å². The van der Waals surface area contributed by atoms with Gasteiger partial charge in [-0.15, -0.1) is 0 Å². The summed E-state index contributed by atoms with van der Waals surface area (Å²) in [4.78, 5) is 37.1. The van der Waals surface area contributed by atoms with Crippen molar-refractivity contribution in [3.63, 3.8) is 0 Å². The van der Waals surface area contributed by atoms with Crippen LogP contribution in [0.2, 0.25) is 0 Å². The smallest absolute Gasteiger partial charge is 0.251 e. The predicted octanol–water partition coefficient (Wildman–Crippen LogP) is 1.56. The molecular weight excluding hydrogens is 332 g/mol. The maximum atomic E-state index is 12.1. The minimum absolute atomic E-state index is 0.0689. The van der Waals surface area contributed by atoms with Gasteiger partial charge in [-0.05, 0) is 43.4 Å². The average molecular weight is 354 g/mol. The molecule has 3 amide bonds. The van der Waals surface area contributed by atoms with Crippen LogP contribution in [0.3, 0.4) is 0 Å². The second-order valence-electron chi connectivity index (χ2n) is 5.79. The van der Waals surface area contributed by atoms with E-state index in [1.807, 2.05) is 18.2 Å². The van der Waals surface area contributed by atoms with Gasteiger partial charge in [0, 0.05) is 24.0 Å². The van der Waals surface area contributed by atoms with Crippen molar-refractivity contribution < 1.29 is 14.4 Å². The molecule has 0 bridgehead atoms. The molecule has 0 aliphatic rings. The lowest BCUT2D eigenvalue weighted by Crippen LogP contribution is -2.36. The van der Waals surface area contributed by atoms with Crippen LogP contribution in [0.25, 0.3) is 0 Å². The number of likely N-dealkylation sites (N-methyl/N-ethyl adjacent to an activating group) is 1. The van der Waals surface area contributed by atoms with Crippen molar-refractivity contribution in [2.45, 2.75) is 0 Å². The number of nitrogens with one attached hydrogen (secondary N) is 3. The summed E-state index contributed by atoms with van der Waals surface area (Å²) in [5.41, 5.74) is 1.82. The molecule has 0 aliphatic heterocycles. The highest BCUT2D eigenvalue weighted by Crippen LogP contribution is 2.09. The van der Waals surface area contributed by atoms with Crippen LogP contribution in [0.1, 0.15) is 10.4 Å². The number of hydrogen-bond donors (Lipinski definition) is 3. The normalized spacial score (nSPS) is 10.3. The first-order chi connectivity index (χ1) is 12.5. The molecule has 0 spiro atoms. The second-order valence-corrected chi connectivity index (χ2v) is 5.79. The average Bonchev–Trinajstić information content (AvgIpc) is 2.62. The van der Waals surface area contributed by atoms with Gasteiger partial charge in [-0.3, -0.25) is 19.3 Å². The van der Waals surface area contributed by atoms with Crippen LogP contribution in [0.4, 0.5) is 11.4 Å². The van der Waals surface area contributed by atoms with Gasteiger partial charge in [-0.25, -0.2) is 0 Å². The predicted molar refractivity (Wildman–Crippen MR) is 101 cm³/mol. The number of carbonyl (C=O) groups is 3. The van der Waals surface area contributed by atoms with Crippen molar-refractivity contribution in [1.29, 1.82) is 0 Å². The van der Waals surface area contributed by atoms with Gasteiger partial charge in [-0.1, -0.05) is 18.2 Å². The molecule has 0 atom stereocenters. The number of hydrogen-bond acceptors (Lipinski definition) is 4. The van der Waals surface area contributed by atoms with E-state index in [0.717, 1.165) is 0 Å². The highest BCUT2D eigenvalue weighted by atomic mass is 16.2. The largest absolute Gasteiger partial charge is 0.355 e.